The van der Waals surface area contributed by atoms with Crippen molar-refractivity contribution < 1.29 is 19.1 Å². The standard InChI is InChI=1S/C20H22IN3O4S/c1-27-10-4-9-22-18(25)13-5-3-6-15(11-13)23-20(29)24-19(26)14-7-8-17(28-2)16(21)12-14/h3,5-8,11-12H,4,9-10H2,1-2H3,(H,22,25)(H2,23,24,26,29). The number of nitrogens with one attached hydrogen (secondary N) is 3. The van der Waals surface area contributed by atoms with E-state index in [9.17, 15) is 9.59 Å². The van der Waals surface area contributed by atoms with Gasteiger partial charge in [-0.25, -0.2) is 0 Å². The first-order chi connectivity index (χ1) is 13.9. The molecule has 0 aliphatic heterocycles. The summed E-state index contributed by atoms with van der Waals surface area (Å²) in [6.45, 7) is 1.11. The lowest BCUT2D eigenvalue weighted by molar-refractivity contribution is 0.0946. The maximum Gasteiger partial charge on any atom is 0.257 e. The number of benzene rings is 2. The first-order valence-electron chi connectivity index (χ1n) is 8.77. The van der Waals surface area contributed by atoms with Gasteiger partial charge < -0.3 is 20.1 Å². The molecule has 3 N–H and O–H groups in total. The van der Waals surface area contributed by atoms with Crippen molar-refractivity contribution in [3.8, 4) is 5.75 Å². The van der Waals surface area contributed by atoms with Crippen LogP contribution in [-0.4, -0.2) is 44.3 Å². The average Bonchev–Trinajstić information content (AvgIpc) is 2.71. The molecule has 2 rings (SSSR count). The fraction of sp³-hybridized carbons (Fsp3) is 0.250. The Balaban J connectivity index is 1.94. The highest BCUT2D eigenvalue weighted by Crippen LogP contribution is 2.21. The van der Waals surface area contributed by atoms with Gasteiger partial charge in [0, 0.05) is 37.1 Å². The zero-order chi connectivity index (χ0) is 21.2. The highest BCUT2D eigenvalue weighted by atomic mass is 127. The van der Waals surface area contributed by atoms with Crippen LogP contribution in [0.4, 0.5) is 5.69 Å². The van der Waals surface area contributed by atoms with E-state index in [0.29, 0.717) is 35.7 Å². The van der Waals surface area contributed by atoms with Crippen molar-refractivity contribution in [3.05, 3.63) is 57.2 Å². The highest BCUT2D eigenvalue weighted by Gasteiger charge is 2.11. The van der Waals surface area contributed by atoms with Gasteiger partial charge >= 0.3 is 0 Å². The van der Waals surface area contributed by atoms with Gasteiger partial charge in [-0.1, -0.05) is 6.07 Å². The minimum Gasteiger partial charge on any atom is -0.496 e. The van der Waals surface area contributed by atoms with Gasteiger partial charge in [0.25, 0.3) is 11.8 Å². The van der Waals surface area contributed by atoms with Gasteiger partial charge in [0.15, 0.2) is 5.11 Å². The number of hydrogen-bond acceptors (Lipinski definition) is 5. The van der Waals surface area contributed by atoms with E-state index in [-0.39, 0.29) is 16.9 Å². The van der Waals surface area contributed by atoms with Crippen LogP contribution in [0.15, 0.2) is 42.5 Å². The summed E-state index contributed by atoms with van der Waals surface area (Å²) in [5.74, 6) is 0.169. The smallest absolute Gasteiger partial charge is 0.257 e. The number of rotatable bonds is 8. The molecule has 0 radical (unpaired) electrons. The summed E-state index contributed by atoms with van der Waals surface area (Å²) in [6.07, 6.45) is 0.737. The van der Waals surface area contributed by atoms with Crippen LogP contribution >= 0.6 is 34.8 Å². The summed E-state index contributed by atoms with van der Waals surface area (Å²) in [7, 11) is 3.19. The van der Waals surface area contributed by atoms with Gasteiger partial charge in [-0.15, -0.1) is 0 Å². The van der Waals surface area contributed by atoms with Crippen molar-refractivity contribution in [2.75, 3.05) is 32.7 Å². The Morgan fingerprint density at radius 3 is 2.52 bits per heavy atom. The quantitative estimate of drug-likeness (QED) is 0.278. The minimum absolute atomic E-state index is 0.137. The van der Waals surface area contributed by atoms with Gasteiger partial charge in [0.1, 0.15) is 5.75 Å². The number of hydrogen-bond donors (Lipinski definition) is 3. The summed E-state index contributed by atoms with van der Waals surface area (Å²) in [6, 6.07) is 12.0. The van der Waals surface area contributed by atoms with E-state index in [4.69, 9.17) is 21.7 Å². The van der Waals surface area contributed by atoms with Gasteiger partial charge in [0.05, 0.1) is 10.7 Å². The van der Waals surface area contributed by atoms with Crippen molar-refractivity contribution in [3.63, 3.8) is 0 Å². The predicted molar refractivity (Wildman–Crippen MR) is 125 cm³/mol. The maximum absolute atomic E-state index is 12.4. The topological polar surface area (TPSA) is 88.7 Å². The van der Waals surface area contributed by atoms with E-state index in [2.05, 4.69) is 38.5 Å². The molecule has 2 aromatic rings. The van der Waals surface area contributed by atoms with Crippen LogP contribution in [0, 0.1) is 3.57 Å². The Labute approximate surface area is 188 Å². The van der Waals surface area contributed by atoms with Crippen molar-refractivity contribution in [1.29, 1.82) is 0 Å². The van der Waals surface area contributed by atoms with Crippen molar-refractivity contribution in [2.24, 2.45) is 0 Å². The number of carbonyl (C=O) groups excluding carboxylic acids is 2. The average molecular weight is 527 g/mol. The lowest BCUT2D eigenvalue weighted by Gasteiger charge is -2.12. The second-order valence-electron chi connectivity index (χ2n) is 5.94. The number of halogens is 1. The third kappa shape index (κ3) is 7.26. The molecule has 2 amide bonds. The molecule has 29 heavy (non-hydrogen) atoms. The van der Waals surface area contributed by atoms with Crippen molar-refractivity contribution in [1.82, 2.24) is 10.6 Å². The Morgan fingerprint density at radius 1 is 1.07 bits per heavy atom. The Bertz CT molecular complexity index is 892. The Morgan fingerprint density at radius 2 is 1.83 bits per heavy atom. The second-order valence-corrected chi connectivity index (χ2v) is 7.51. The minimum atomic E-state index is -0.338. The summed E-state index contributed by atoms with van der Waals surface area (Å²) in [5, 5.41) is 8.51. The van der Waals surface area contributed by atoms with E-state index in [0.717, 1.165) is 9.99 Å². The molecular weight excluding hydrogens is 505 g/mol. The molecule has 0 spiro atoms. The van der Waals surface area contributed by atoms with Crippen LogP contribution in [0.25, 0.3) is 0 Å². The molecule has 0 aliphatic rings. The van der Waals surface area contributed by atoms with Gasteiger partial charge in [0.2, 0.25) is 0 Å². The zero-order valence-electron chi connectivity index (χ0n) is 16.1. The number of ether oxygens (including phenoxy) is 2. The van der Waals surface area contributed by atoms with Crippen molar-refractivity contribution in [2.45, 2.75) is 6.42 Å². The monoisotopic (exact) mass is 527 g/mol. The Hall–Kier alpha value is -2.24. The molecule has 2 aromatic carbocycles. The Kier molecular flexibility index (Phi) is 9.29. The fourth-order valence-corrected chi connectivity index (χ4v) is 3.35. The summed E-state index contributed by atoms with van der Waals surface area (Å²) >= 11 is 7.31. The maximum atomic E-state index is 12.4. The molecule has 0 saturated carbocycles. The molecule has 0 fully saturated rings. The first-order valence-corrected chi connectivity index (χ1v) is 10.3. The first kappa shape index (κ1) is 23.0. The number of anilines is 1. The van der Waals surface area contributed by atoms with Crippen LogP contribution in [0.1, 0.15) is 27.1 Å². The molecule has 9 heteroatoms. The normalized spacial score (nSPS) is 10.2. The van der Waals surface area contributed by atoms with Crippen LogP contribution in [0.3, 0.4) is 0 Å². The number of amides is 2. The number of carbonyl (C=O) groups is 2. The second kappa shape index (κ2) is 11.7. The highest BCUT2D eigenvalue weighted by molar-refractivity contribution is 14.1. The zero-order valence-corrected chi connectivity index (χ0v) is 19.1. The van der Waals surface area contributed by atoms with Gasteiger partial charge in [-0.05, 0) is 77.6 Å². The fourth-order valence-electron chi connectivity index (χ4n) is 2.40. The van der Waals surface area contributed by atoms with E-state index in [1.807, 2.05) is 0 Å². The lowest BCUT2D eigenvalue weighted by atomic mass is 10.2. The molecule has 0 saturated heterocycles. The van der Waals surface area contributed by atoms with Gasteiger partial charge in [-0.3, -0.25) is 14.9 Å². The summed E-state index contributed by atoms with van der Waals surface area (Å²) in [5.41, 5.74) is 1.55. The summed E-state index contributed by atoms with van der Waals surface area (Å²) < 4.78 is 11.0. The number of methoxy groups -OCH3 is 2. The van der Waals surface area contributed by atoms with Crippen LogP contribution < -0.4 is 20.7 Å². The van der Waals surface area contributed by atoms with E-state index in [1.165, 1.54) is 0 Å². The van der Waals surface area contributed by atoms with Crippen LogP contribution in [-0.2, 0) is 4.74 Å². The molecule has 154 valence electrons. The van der Waals surface area contributed by atoms with E-state index < -0.39 is 0 Å². The SMILES string of the molecule is COCCCNC(=O)c1cccc(NC(=S)NC(=O)c2ccc(OC)c(I)c2)c1. The molecule has 0 aliphatic carbocycles. The van der Waals surface area contributed by atoms with E-state index >= 15 is 0 Å². The largest absolute Gasteiger partial charge is 0.496 e. The van der Waals surface area contributed by atoms with Crippen LogP contribution in [0.2, 0.25) is 0 Å². The van der Waals surface area contributed by atoms with Crippen LogP contribution in [0.5, 0.6) is 5.75 Å². The molecule has 0 unspecified atom stereocenters. The molecule has 0 heterocycles. The summed E-state index contributed by atoms with van der Waals surface area (Å²) in [4.78, 5) is 24.6. The predicted octanol–water partition coefficient (Wildman–Crippen LogP) is 3.19. The van der Waals surface area contributed by atoms with Crippen molar-refractivity contribution >= 4 is 57.4 Å². The molecular formula is C20H22IN3O4S. The number of thiocarbonyl (C=S) groups is 1. The molecule has 0 bridgehead atoms. The third-order valence-corrected chi connectivity index (χ3v) is 4.88. The van der Waals surface area contributed by atoms with Gasteiger partial charge in [-0.2, -0.15) is 0 Å². The lowest BCUT2D eigenvalue weighted by Crippen LogP contribution is -2.34. The molecule has 0 atom stereocenters. The van der Waals surface area contributed by atoms with E-state index in [1.54, 1.807) is 56.7 Å². The molecule has 0 aromatic heterocycles. The third-order valence-electron chi connectivity index (χ3n) is 3.83. The molecule has 7 nitrogen and oxygen atoms in total.